The van der Waals surface area contributed by atoms with Gasteiger partial charge in [0, 0.05) is 17.6 Å². The van der Waals surface area contributed by atoms with Crippen molar-refractivity contribution in [2.45, 2.75) is 65.0 Å². The van der Waals surface area contributed by atoms with Crippen LogP contribution in [0.5, 0.6) is 0 Å². The second-order valence-corrected chi connectivity index (χ2v) is 9.20. The first kappa shape index (κ1) is 20.5. The number of carbonyl (C=O) groups excluding carboxylic acids is 2. The molecule has 2 N–H and O–H groups in total. The zero-order valence-electron chi connectivity index (χ0n) is 17.6. The number of aryl methyl sites for hydroxylation is 1. The number of nitrogens with one attached hydrogen (secondary N) is 2. The summed E-state index contributed by atoms with van der Waals surface area (Å²) in [7, 11) is 0. The van der Waals surface area contributed by atoms with Crippen LogP contribution in [0.25, 0.3) is 10.2 Å². The van der Waals surface area contributed by atoms with Gasteiger partial charge >= 0.3 is 0 Å². The van der Waals surface area contributed by atoms with E-state index >= 15 is 0 Å². The lowest BCUT2D eigenvalue weighted by atomic mass is 9.96. The first-order valence-electron chi connectivity index (χ1n) is 10.5. The van der Waals surface area contributed by atoms with Crippen LogP contribution < -0.4 is 10.6 Å². The number of nitrogens with zero attached hydrogens (tertiary/aromatic N) is 3. The maximum Gasteiger partial charge on any atom is 0.266 e. The zero-order valence-corrected chi connectivity index (χ0v) is 18.4. The Bertz CT molecular complexity index is 1060. The Morgan fingerprint density at radius 2 is 1.93 bits per heavy atom. The lowest BCUT2D eigenvalue weighted by Gasteiger charge is -2.22. The minimum atomic E-state index is -0.197. The third-order valence-electron chi connectivity index (χ3n) is 5.40. The number of hydrogen-bond donors (Lipinski definition) is 2. The van der Waals surface area contributed by atoms with Crippen LogP contribution in [0.4, 0.5) is 5.82 Å². The molecule has 0 radical (unpaired) electrons. The van der Waals surface area contributed by atoms with E-state index < -0.39 is 0 Å². The summed E-state index contributed by atoms with van der Waals surface area (Å²) < 4.78 is 2.13. The highest BCUT2D eigenvalue weighted by molar-refractivity contribution is 7.20. The highest BCUT2D eigenvalue weighted by Gasteiger charge is 2.22. The summed E-state index contributed by atoms with van der Waals surface area (Å²) >= 11 is 1.48. The van der Waals surface area contributed by atoms with Crippen LogP contribution in [0.3, 0.4) is 0 Å². The molecule has 3 aromatic rings. The van der Waals surface area contributed by atoms with Gasteiger partial charge in [-0.25, -0.2) is 4.98 Å². The molecule has 8 heteroatoms. The van der Waals surface area contributed by atoms with Crippen LogP contribution in [0, 0.1) is 6.92 Å². The van der Waals surface area contributed by atoms with Gasteiger partial charge in [-0.15, -0.1) is 11.3 Å². The van der Waals surface area contributed by atoms with Crippen LogP contribution in [0.15, 0.2) is 24.4 Å². The number of rotatable bonds is 5. The van der Waals surface area contributed by atoms with Gasteiger partial charge in [0.2, 0.25) is 0 Å². The summed E-state index contributed by atoms with van der Waals surface area (Å²) in [4.78, 5) is 30.7. The van der Waals surface area contributed by atoms with E-state index in [1.54, 1.807) is 12.1 Å². The Balaban J connectivity index is 1.50. The van der Waals surface area contributed by atoms with Crippen LogP contribution >= 0.6 is 11.3 Å². The first-order chi connectivity index (χ1) is 14.4. The highest BCUT2D eigenvalue weighted by atomic mass is 32.1. The van der Waals surface area contributed by atoms with Crippen molar-refractivity contribution in [3.05, 3.63) is 40.5 Å². The standard InChI is InChI=1S/C22H27N5O2S/c1-13(2)24-20(28)15-9-10-19(23-12-15)25-21(29)18-11-17-14(3)26-27(22(17)30-18)16-7-5-4-6-8-16/h9-13,16H,4-8H2,1-3H3,(H,24,28)(H,23,25,29). The Hall–Kier alpha value is -2.74. The summed E-state index contributed by atoms with van der Waals surface area (Å²) in [6.45, 7) is 5.80. The van der Waals surface area contributed by atoms with E-state index in [1.807, 2.05) is 26.8 Å². The van der Waals surface area contributed by atoms with Crippen LogP contribution in [-0.4, -0.2) is 32.6 Å². The zero-order chi connectivity index (χ0) is 21.3. The normalized spacial score (nSPS) is 14.9. The maximum atomic E-state index is 12.8. The smallest absolute Gasteiger partial charge is 0.266 e. The summed E-state index contributed by atoms with van der Waals surface area (Å²) in [5.41, 5.74) is 1.43. The lowest BCUT2D eigenvalue weighted by Crippen LogP contribution is -2.30. The minimum absolute atomic E-state index is 0.0535. The van der Waals surface area contributed by atoms with E-state index in [2.05, 4.69) is 20.3 Å². The van der Waals surface area contributed by atoms with Crippen LogP contribution in [-0.2, 0) is 0 Å². The molecule has 0 bridgehead atoms. The molecule has 0 unspecified atom stereocenters. The van der Waals surface area contributed by atoms with E-state index in [4.69, 9.17) is 5.10 Å². The van der Waals surface area contributed by atoms with Crippen LogP contribution in [0.1, 0.15) is 77.7 Å². The number of amides is 2. The van der Waals surface area contributed by atoms with Crippen molar-refractivity contribution in [1.82, 2.24) is 20.1 Å². The van der Waals surface area contributed by atoms with Gasteiger partial charge in [0.15, 0.2) is 0 Å². The van der Waals surface area contributed by atoms with Gasteiger partial charge in [-0.1, -0.05) is 19.3 Å². The number of anilines is 1. The Labute approximate surface area is 179 Å². The average Bonchev–Trinajstić information content (AvgIpc) is 3.29. The molecule has 7 nitrogen and oxygen atoms in total. The van der Waals surface area contributed by atoms with Gasteiger partial charge in [-0.2, -0.15) is 5.10 Å². The monoisotopic (exact) mass is 425 g/mol. The molecule has 1 aliphatic carbocycles. The Morgan fingerprint density at radius 3 is 2.60 bits per heavy atom. The van der Waals surface area contributed by atoms with E-state index in [0.29, 0.717) is 22.3 Å². The molecule has 2 amide bonds. The fourth-order valence-electron chi connectivity index (χ4n) is 3.88. The number of hydrogen-bond acceptors (Lipinski definition) is 5. The Kier molecular flexibility index (Phi) is 5.85. The third kappa shape index (κ3) is 4.23. The molecular formula is C22H27N5O2S. The molecule has 1 saturated carbocycles. The summed E-state index contributed by atoms with van der Waals surface area (Å²) in [6.07, 6.45) is 7.54. The molecule has 0 aliphatic heterocycles. The highest BCUT2D eigenvalue weighted by Crippen LogP contribution is 2.35. The van der Waals surface area contributed by atoms with Gasteiger partial charge in [0.25, 0.3) is 11.8 Å². The van der Waals surface area contributed by atoms with Crippen LogP contribution in [0.2, 0.25) is 0 Å². The second-order valence-electron chi connectivity index (χ2n) is 8.17. The van der Waals surface area contributed by atoms with Gasteiger partial charge in [-0.3, -0.25) is 14.3 Å². The molecule has 0 atom stereocenters. The SMILES string of the molecule is Cc1nn(C2CCCCC2)c2sc(C(=O)Nc3ccc(C(=O)NC(C)C)cn3)cc12. The number of aromatic nitrogens is 3. The summed E-state index contributed by atoms with van der Waals surface area (Å²) in [5.74, 6) is 0.0458. The first-order valence-corrected chi connectivity index (χ1v) is 11.3. The molecular weight excluding hydrogens is 398 g/mol. The predicted molar refractivity (Wildman–Crippen MR) is 119 cm³/mol. The molecule has 158 valence electrons. The van der Waals surface area contributed by atoms with Crippen molar-refractivity contribution in [2.24, 2.45) is 0 Å². The topological polar surface area (TPSA) is 88.9 Å². The molecule has 0 aromatic carbocycles. The summed E-state index contributed by atoms with van der Waals surface area (Å²) in [5, 5.41) is 11.5. The molecule has 3 aromatic heterocycles. The molecule has 30 heavy (non-hydrogen) atoms. The lowest BCUT2D eigenvalue weighted by molar-refractivity contribution is 0.0942. The molecule has 3 heterocycles. The fraction of sp³-hybridized carbons (Fsp3) is 0.455. The van der Waals surface area contributed by atoms with Crippen molar-refractivity contribution in [3.8, 4) is 0 Å². The third-order valence-corrected chi connectivity index (χ3v) is 6.52. The molecule has 4 rings (SSSR count). The number of thiophene rings is 1. The number of pyridine rings is 1. The largest absolute Gasteiger partial charge is 0.350 e. The van der Waals surface area contributed by atoms with Gasteiger partial charge < -0.3 is 10.6 Å². The van der Waals surface area contributed by atoms with Crippen molar-refractivity contribution < 1.29 is 9.59 Å². The number of fused-ring (bicyclic) bond motifs is 1. The number of carbonyl (C=O) groups is 2. The fourth-order valence-corrected chi connectivity index (χ4v) is 5.01. The average molecular weight is 426 g/mol. The van der Waals surface area contributed by atoms with Crippen molar-refractivity contribution in [2.75, 3.05) is 5.32 Å². The van der Waals surface area contributed by atoms with Gasteiger partial charge in [0.1, 0.15) is 10.6 Å². The maximum absolute atomic E-state index is 12.8. The molecule has 0 saturated heterocycles. The van der Waals surface area contributed by atoms with Crippen molar-refractivity contribution in [3.63, 3.8) is 0 Å². The molecule has 1 aliphatic rings. The van der Waals surface area contributed by atoms with Gasteiger partial charge in [-0.05, 0) is 51.8 Å². The molecule has 0 spiro atoms. The predicted octanol–water partition coefficient (Wildman–Crippen LogP) is 4.70. The van der Waals surface area contributed by atoms with E-state index in [-0.39, 0.29) is 17.9 Å². The molecule has 1 fully saturated rings. The second kappa shape index (κ2) is 8.55. The van der Waals surface area contributed by atoms with Gasteiger partial charge in [0.05, 0.1) is 22.2 Å². The van der Waals surface area contributed by atoms with Crippen molar-refractivity contribution >= 4 is 39.2 Å². The van der Waals surface area contributed by atoms with E-state index in [0.717, 1.165) is 28.8 Å². The quantitative estimate of drug-likeness (QED) is 0.620. The minimum Gasteiger partial charge on any atom is -0.350 e. The van der Waals surface area contributed by atoms with E-state index in [1.165, 1.54) is 36.8 Å². The van der Waals surface area contributed by atoms with E-state index in [9.17, 15) is 9.59 Å². The van der Waals surface area contributed by atoms with Crippen molar-refractivity contribution in [1.29, 1.82) is 0 Å². The Morgan fingerprint density at radius 1 is 1.17 bits per heavy atom. The summed E-state index contributed by atoms with van der Waals surface area (Å²) in [6, 6.07) is 5.71.